The van der Waals surface area contributed by atoms with Crippen molar-refractivity contribution in [3.8, 4) is 0 Å². The maximum absolute atomic E-state index is 10.0. The molecular formula is C16H24O2. The van der Waals surface area contributed by atoms with E-state index < -0.39 is 6.10 Å². The van der Waals surface area contributed by atoms with Gasteiger partial charge in [-0.25, -0.2) is 0 Å². The van der Waals surface area contributed by atoms with Gasteiger partial charge in [-0.05, 0) is 24.3 Å². The molecule has 0 bridgehead atoms. The predicted octanol–water partition coefficient (Wildman–Crippen LogP) is 3.71. The Kier molecular flexibility index (Phi) is 5.21. The molecule has 0 aliphatic heterocycles. The maximum atomic E-state index is 10.0. The quantitative estimate of drug-likeness (QED) is 0.861. The van der Waals surface area contributed by atoms with Crippen LogP contribution in [0, 0.1) is 5.92 Å². The minimum Gasteiger partial charge on any atom is -0.386 e. The third-order valence-electron chi connectivity index (χ3n) is 3.99. The molecule has 1 saturated carbocycles. The Bertz CT molecular complexity index is 336. The Balaban J connectivity index is 1.77. The van der Waals surface area contributed by atoms with Crippen LogP contribution in [0.15, 0.2) is 30.3 Å². The van der Waals surface area contributed by atoms with Crippen LogP contribution in [-0.2, 0) is 4.74 Å². The van der Waals surface area contributed by atoms with Crippen molar-refractivity contribution in [2.24, 2.45) is 5.92 Å². The summed E-state index contributed by atoms with van der Waals surface area (Å²) >= 11 is 0. The molecule has 1 aromatic rings. The fourth-order valence-electron chi connectivity index (χ4n) is 2.76. The molecule has 2 heteroatoms. The topological polar surface area (TPSA) is 29.5 Å². The highest BCUT2D eigenvalue weighted by Crippen LogP contribution is 2.29. The van der Waals surface area contributed by atoms with Crippen molar-refractivity contribution >= 4 is 0 Å². The lowest BCUT2D eigenvalue weighted by molar-refractivity contribution is -0.0339. The minimum atomic E-state index is -0.492. The molecule has 0 saturated heterocycles. The number of aliphatic hydroxyl groups is 1. The van der Waals surface area contributed by atoms with Crippen LogP contribution in [0.4, 0.5) is 0 Å². The summed E-state index contributed by atoms with van der Waals surface area (Å²) in [6.45, 7) is 2.68. The van der Waals surface area contributed by atoms with Crippen molar-refractivity contribution in [3.05, 3.63) is 35.9 Å². The lowest BCUT2D eigenvalue weighted by atomic mass is 9.85. The number of benzene rings is 1. The summed E-state index contributed by atoms with van der Waals surface area (Å²) in [5, 5.41) is 10.0. The number of rotatable bonds is 5. The molecule has 1 aliphatic rings. The molecule has 3 unspecified atom stereocenters. The summed E-state index contributed by atoms with van der Waals surface area (Å²) in [5.41, 5.74) is 0.945. The predicted molar refractivity (Wildman–Crippen MR) is 73.4 cm³/mol. The van der Waals surface area contributed by atoms with Crippen LogP contribution in [0.5, 0.6) is 0 Å². The standard InChI is InChI=1S/C16H24O2/c1-2-13-7-6-10-15(11-13)18-12-16(17)14-8-4-3-5-9-14/h3-5,8-9,13,15-17H,2,6-7,10-12H2,1H3. The van der Waals surface area contributed by atoms with E-state index in [4.69, 9.17) is 4.74 Å². The summed E-state index contributed by atoms with van der Waals surface area (Å²) in [5.74, 6) is 0.817. The van der Waals surface area contributed by atoms with Crippen molar-refractivity contribution in [1.29, 1.82) is 0 Å². The van der Waals surface area contributed by atoms with Crippen molar-refractivity contribution in [1.82, 2.24) is 0 Å². The van der Waals surface area contributed by atoms with Crippen LogP contribution in [-0.4, -0.2) is 17.8 Å². The first-order valence-electron chi connectivity index (χ1n) is 7.14. The van der Waals surface area contributed by atoms with Gasteiger partial charge >= 0.3 is 0 Å². The van der Waals surface area contributed by atoms with Crippen molar-refractivity contribution < 1.29 is 9.84 Å². The molecule has 100 valence electrons. The molecule has 0 heterocycles. The Morgan fingerprint density at radius 2 is 2.06 bits per heavy atom. The molecule has 1 N–H and O–H groups in total. The first-order valence-corrected chi connectivity index (χ1v) is 7.14. The first-order chi connectivity index (χ1) is 8.79. The Hall–Kier alpha value is -0.860. The Labute approximate surface area is 110 Å². The average molecular weight is 248 g/mol. The molecule has 3 atom stereocenters. The monoisotopic (exact) mass is 248 g/mol. The molecule has 0 amide bonds. The summed E-state index contributed by atoms with van der Waals surface area (Å²) in [6.07, 6.45) is 6.04. The largest absolute Gasteiger partial charge is 0.386 e. The summed E-state index contributed by atoms with van der Waals surface area (Å²) in [4.78, 5) is 0. The third kappa shape index (κ3) is 3.82. The van der Waals surface area contributed by atoms with Gasteiger partial charge in [-0.3, -0.25) is 0 Å². The zero-order valence-electron chi connectivity index (χ0n) is 11.2. The lowest BCUT2D eigenvalue weighted by Gasteiger charge is -2.29. The Morgan fingerprint density at radius 3 is 2.78 bits per heavy atom. The molecule has 0 aromatic heterocycles. The van der Waals surface area contributed by atoms with Crippen LogP contribution in [0.2, 0.25) is 0 Å². The van der Waals surface area contributed by atoms with Gasteiger partial charge < -0.3 is 9.84 Å². The molecule has 2 rings (SSSR count). The van der Waals surface area contributed by atoms with Gasteiger partial charge in [-0.1, -0.05) is 56.5 Å². The molecule has 0 radical (unpaired) electrons. The van der Waals surface area contributed by atoms with E-state index in [1.54, 1.807) is 0 Å². The second-order valence-corrected chi connectivity index (χ2v) is 5.32. The number of ether oxygens (including phenoxy) is 1. The molecular weight excluding hydrogens is 224 g/mol. The number of hydrogen-bond acceptors (Lipinski definition) is 2. The fraction of sp³-hybridized carbons (Fsp3) is 0.625. The number of aliphatic hydroxyl groups excluding tert-OH is 1. The zero-order chi connectivity index (χ0) is 12.8. The van der Waals surface area contributed by atoms with Crippen LogP contribution in [0.1, 0.15) is 50.7 Å². The van der Waals surface area contributed by atoms with Gasteiger partial charge in [0.15, 0.2) is 0 Å². The normalized spacial score (nSPS) is 25.9. The molecule has 1 fully saturated rings. The van der Waals surface area contributed by atoms with Gasteiger partial charge in [-0.15, -0.1) is 0 Å². The zero-order valence-corrected chi connectivity index (χ0v) is 11.2. The van der Waals surface area contributed by atoms with E-state index in [0.29, 0.717) is 12.7 Å². The molecule has 1 aliphatic carbocycles. The molecule has 1 aromatic carbocycles. The summed E-state index contributed by atoms with van der Waals surface area (Å²) in [7, 11) is 0. The van der Waals surface area contributed by atoms with Crippen LogP contribution in [0.25, 0.3) is 0 Å². The number of hydrogen-bond donors (Lipinski definition) is 1. The molecule has 18 heavy (non-hydrogen) atoms. The van der Waals surface area contributed by atoms with Gasteiger partial charge in [0, 0.05) is 0 Å². The average Bonchev–Trinajstić information content (AvgIpc) is 2.46. The minimum absolute atomic E-state index is 0.349. The van der Waals surface area contributed by atoms with E-state index in [-0.39, 0.29) is 0 Å². The summed E-state index contributed by atoms with van der Waals surface area (Å²) < 4.78 is 5.88. The smallest absolute Gasteiger partial charge is 0.102 e. The summed E-state index contributed by atoms with van der Waals surface area (Å²) in [6, 6.07) is 9.76. The van der Waals surface area contributed by atoms with E-state index in [9.17, 15) is 5.11 Å². The van der Waals surface area contributed by atoms with E-state index >= 15 is 0 Å². The SMILES string of the molecule is CCC1CCCC(OCC(O)c2ccccc2)C1. The third-order valence-corrected chi connectivity index (χ3v) is 3.99. The van der Waals surface area contributed by atoms with Gasteiger partial charge in [0.1, 0.15) is 6.10 Å². The second-order valence-electron chi connectivity index (χ2n) is 5.32. The highest BCUT2D eigenvalue weighted by Gasteiger charge is 2.22. The fourth-order valence-corrected chi connectivity index (χ4v) is 2.76. The van der Waals surface area contributed by atoms with Crippen LogP contribution < -0.4 is 0 Å². The van der Waals surface area contributed by atoms with Crippen molar-refractivity contribution in [3.63, 3.8) is 0 Å². The highest BCUT2D eigenvalue weighted by molar-refractivity contribution is 5.17. The first kappa shape index (κ1) is 13.6. The van der Waals surface area contributed by atoms with Gasteiger partial charge in [0.05, 0.1) is 12.7 Å². The van der Waals surface area contributed by atoms with E-state index in [2.05, 4.69) is 6.92 Å². The van der Waals surface area contributed by atoms with Gasteiger partial charge in [0.25, 0.3) is 0 Å². The van der Waals surface area contributed by atoms with Crippen molar-refractivity contribution in [2.75, 3.05) is 6.61 Å². The van der Waals surface area contributed by atoms with E-state index in [0.717, 1.165) is 24.3 Å². The lowest BCUT2D eigenvalue weighted by Crippen LogP contribution is -2.24. The van der Waals surface area contributed by atoms with E-state index in [1.807, 2.05) is 30.3 Å². The maximum Gasteiger partial charge on any atom is 0.102 e. The molecule has 0 spiro atoms. The Morgan fingerprint density at radius 1 is 1.28 bits per heavy atom. The van der Waals surface area contributed by atoms with Gasteiger partial charge in [0.2, 0.25) is 0 Å². The molecule has 2 nitrogen and oxygen atoms in total. The second kappa shape index (κ2) is 6.91. The van der Waals surface area contributed by atoms with Crippen LogP contribution >= 0.6 is 0 Å². The highest BCUT2D eigenvalue weighted by atomic mass is 16.5. The van der Waals surface area contributed by atoms with Crippen molar-refractivity contribution in [2.45, 2.75) is 51.2 Å². The van der Waals surface area contributed by atoms with E-state index in [1.165, 1.54) is 19.3 Å². The van der Waals surface area contributed by atoms with Gasteiger partial charge in [-0.2, -0.15) is 0 Å². The van der Waals surface area contributed by atoms with Crippen LogP contribution in [0.3, 0.4) is 0 Å².